The van der Waals surface area contributed by atoms with Crippen LogP contribution in [0.1, 0.15) is 18.2 Å². The molecule has 1 saturated heterocycles. The molecular formula is C30H34N6O4. The van der Waals surface area contributed by atoms with Crippen LogP contribution in [-0.2, 0) is 11.3 Å². The second-order valence-corrected chi connectivity index (χ2v) is 9.49. The Labute approximate surface area is 233 Å². The summed E-state index contributed by atoms with van der Waals surface area (Å²) >= 11 is 0. The number of nitrogens with one attached hydrogen (secondary N) is 1. The molecule has 3 aromatic heterocycles. The first-order chi connectivity index (χ1) is 19.5. The molecule has 1 aromatic carbocycles. The number of benzene rings is 1. The molecule has 0 unspecified atom stereocenters. The minimum Gasteiger partial charge on any atom is -0.493 e. The van der Waals surface area contributed by atoms with Crippen LogP contribution in [0.25, 0.3) is 22.2 Å². The van der Waals surface area contributed by atoms with Crippen LogP contribution in [0.4, 0.5) is 16.3 Å². The topological polar surface area (TPSA) is 102 Å². The lowest BCUT2D eigenvalue weighted by molar-refractivity contribution is 0.105. The van der Waals surface area contributed by atoms with E-state index in [0.29, 0.717) is 50.8 Å². The summed E-state index contributed by atoms with van der Waals surface area (Å²) in [6.45, 7) is 7.19. The third-order valence-electron chi connectivity index (χ3n) is 6.95. The Morgan fingerprint density at radius 3 is 2.42 bits per heavy atom. The molecule has 4 heterocycles. The quantitative estimate of drug-likeness (QED) is 0.333. The molecule has 5 rings (SSSR count). The predicted octanol–water partition coefficient (Wildman–Crippen LogP) is 4.91. The van der Waals surface area contributed by atoms with Gasteiger partial charge in [-0.3, -0.25) is 9.97 Å². The van der Waals surface area contributed by atoms with Crippen LogP contribution in [0.2, 0.25) is 0 Å². The molecule has 1 amide bonds. The van der Waals surface area contributed by atoms with Crippen molar-refractivity contribution in [2.45, 2.75) is 20.4 Å². The first-order valence-electron chi connectivity index (χ1n) is 13.3. The van der Waals surface area contributed by atoms with Crippen molar-refractivity contribution in [3.05, 3.63) is 66.1 Å². The summed E-state index contributed by atoms with van der Waals surface area (Å²) in [6.07, 6.45) is 3.35. The maximum atomic E-state index is 12.2. The summed E-state index contributed by atoms with van der Waals surface area (Å²) < 4.78 is 16.2. The Bertz CT molecular complexity index is 1500. The number of hydrogen-bond acceptors (Lipinski definition) is 9. The minimum absolute atomic E-state index is 0.274. The predicted molar refractivity (Wildman–Crippen MR) is 155 cm³/mol. The number of hydrogen-bond donors (Lipinski definition) is 1. The number of pyridine rings is 3. The number of ether oxygens (including phenoxy) is 3. The third-order valence-corrected chi connectivity index (χ3v) is 6.95. The molecule has 208 valence electrons. The third kappa shape index (κ3) is 5.70. The summed E-state index contributed by atoms with van der Waals surface area (Å²) in [4.78, 5) is 30.3. The highest BCUT2D eigenvalue weighted by atomic mass is 16.6. The van der Waals surface area contributed by atoms with Gasteiger partial charge in [-0.1, -0.05) is 6.07 Å². The lowest BCUT2D eigenvalue weighted by Gasteiger charge is -2.35. The van der Waals surface area contributed by atoms with Gasteiger partial charge in [0, 0.05) is 62.4 Å². The van der Waals surface area contributed by atoms with E-state index in [2.05, 4.69) is 21.3 Å². The summed E-state index contributed by atoms with van der Waals surface area (Å²) in [5, 5.41) is 3.59. The van der Waals surface area contributed by atoms with E-state index < -0.39 is 0 Å². The van der Waals surface area contributed by atoms with Gasteiger partial charge in [-0.15, -0.1) is 0 Å². The van der Waals surface area contributed by atoms with Crippen LogP contribution in [0.15, 0.2) is 54.9 Å². The highest BCUT2D eigenvalue weighted by Crippen LogP contribution is 2.37. The minimum atomic E-state index is -0.274. The molecule has 10 nitrogen and oxygen atoms in total. The maximum Gasteiger partial charge on any atom is 0.409 e. The first kappa shape index (κ1) is 27.0. The highest BCUT2D eigenvalue weighted by Gasteiger charge is 2.24. The van der Waals surface area contributed by atoms with Gasteiger partial charge < -0.3 is 29.3 Å². The number of nitrogens with zero attached hydrogens (tertiary/aromatic N) is 5. The average molecular weight is 543 g/mol. The Morgan fingerprint density at radius 2 is 1.70 bits per heavy atom. The van der Waals surface area contributed by atoms with Crippen molar-refractivity contribution in [1.82, 2.24) is 19.9 Å². The van der Waals surface area contributed by atoms with Gasteiger partial charge in [-0.2, -0.15) is 0 Å². The fraction of sp³-hybridized carbons (Fsp3) is 0.333. The summed E-state index contributed by atoms with van der Waals surface area (Å²) in [6, 6.07) is 13.9. The van der Waals surface area contributed by atoms with Crippen LogP contribution >= 0.6 is 0 Å². The van der Waals surface area contributed by atoms with E-state index in [1.165, 1.54) is 0 Å². The molecule has 0 bridgehead atoms. The van der Waals surface area contributed by atoms with Crippen molar-refractivity contribution < 1.29 is 19.0 Å². The van der Waals surface area contributed by atoms with E-state index in [1.54, 1.807) is 25.3 Å². The monoisotopic (exact) mass is 542 g/mol. The average Bonchev–Trinajstić information content (AvgIpc) is 2.99. The van der Waals surface area contributed by atoms with Crippen molar-refractivity contribution in [3.8, 4) is 22.6 Å². The Balaban J connectivity index is 1.55. The zero-order chi connectivity index (χ0) is 28.1. The van der Waals surface area contributed by atoms with Crippen LogP contribution in [0, 0.1) is 6.92 Å². The van der Waals surface area contributed by atoms with Crippen LogP contribution < -0.4 is 19.7 Å². The van der Waals surface area contributed by atoms with E-state index in [-0.39, 0.29) is 6.09 Å². The number of carbonyl (C=O) groups excluding carboxylic acids is 1. The molecule has 0 spiro atoms. The molecule has 1 aliphatic heterocycles. The first-order valence-corrected chi connectivity index (χ1v) is 13.3. The molecule has 0 aliphatic carbocycles. The molecule has 10 heteroatoms. The second kappa shape index (κ2) is 12.1. The van der Waals surface area contributed by atoms with Crippen molar-refractivity contribution in [3.63, 3.8) is 0 Å². The van der Waals surface area contributed by atoms with E-state index in [1.807, 2.05) is 56.4 Å². The van der Waals surface area contributed by atoms with Gasteiger partial charge in [0.15, 0.2) is 11.5 Å². The SMILES string of the molecule is CCOC(=O)N1CCN(c2cc(NCc3ccnc(C)c3)c3nccc(-c4ccc(OC)c(OC)c4)c3n2)CC1. The second-order valence-electron chi connectivity index (χ2n) is 9.49. The molecule has 1 aliphatic rings. The number of amides is 1. The van der Waals surface area contributed by atoms with Gasteiger partial charge in [-0.05, 0) is 55.3 Å². The number of rotatable bonds is 8. The standard InChI is InChI=1S/C30H34N6O4/c1-5-40-30(37)36-14-12-35(13-15-36)27-18-24(33-19-21-8-10-31-20(2)16-21)29-28(34-27)23(9-11-32-29)22-6-7-25(38-3)26(17-22)39-4/h6-11,16-18H,5,12-15,19H2,1-4H3,(H,33,34). The van der Waals surface area contributed by atoms with E-state index >= 15 is 0 Å². The largest absolute Gasteiger partial charge is 0.493 e. The van der Waals surface area contributed by atoms with Gasteiger partial charge in [0.1, 0.15) is 16.9 Å². The van der Waals surface area contributed by atoms with Crippen LogP contribution in [-0.4, -0.2) is 73.0 Å². The highest BCUT2D eigenvalue weighted by molar-refractivity contribution is 5.99. The number of aryl methyl sites for hydroxylation is 1. The number of carbonyl (C=O) groups is 1. The molecule has 1 fully saturated rings. The number of fused-ring (bicyclic) bond motifs is 1. The van der Waals surface area contributed by atoms with E-state index in [0.717, 1.165) is 44.9 Å². The summed E-state index contributed by atoms with van der Waals surface area (Å²) in [7, 11) is 3.25. The number of methoxy groups -OCH3 is 2. The van der Waals surface area contributed by atoms with Crippen molar-refractivity contribution in [1.29, 1.82) is 0 Å². The maximum absolute atomic E-state index is 12.2. The van der Waals surface area contributed by atoms with Crippen LogP contribution in [0.5, 0.6) is 11.5 Å². The van der Waals surface area contributed by atoms with Gasteiger partial charge in [0.05, 0.1) is 26.5 Å². The fourth-order valence-electron chi connectivity index (χ4n) is 4.89. The fourth-order valence-corrected chi connectivity index (χ4v) is 4.89. The molecule has 0 radical (unpaired) electrons. The van der Waals surface area contributed by atoms with Crippen LogP contribution in [0.3, 0.4) is 0 Å². The smallest absolute Gasteiger partial charge is 0.409 e. The summed E-state index contributed by atoms with van der Waals surface area (Å²) in [5.74, 6) is 2.12. The molecule has 0 saturated carbocycles. The molecule has 1 N–H and O–H groups in total. The lowest BCUT2D eigenvalue weighted by atomic mass is 10.0. The zero-order valence-electron chi connectivity index (χ0n) is 23.3. The Kier molecular flexibility index (Phi) is 8.14. The number of anilines is 2. The molecule has 4 aromatic rings. The zero-order valence-corrected chi connectivity index (χ0v) is 23.3. The van der Waals surface area contributed by atoms with Gasteiger partial charge in [0.2, 0.25) is 0 Å². The van der Waals surface area contributed by atoms with Gasteiger partial charge in [-0.25, -0.2) is 9.78 Å². The lowest BCUT2D eigenvalue weighted by Crippen LogP contribution is -2.49. The number of piperazine rings is 1. The summed E-state index contributed by atoms with van der Waals surface area (Å²) in [5.41, 5.74) is 6.38. The van der Waals surface area contributed by atoms with Gasteiger partial charge >= 0.3 is 6.09 Å². The van der Waals surface area contributed by atoms with Gasteiger partial charge in [0.25, 0.3) is 0 Å². The molecule has 0 atom stereocenters. The number of aromatic nitrogens is 3. The Morgan fingerprint density at radius 1 is 0.925 bits per heavy atom. The van der Waals surface area contributed by atoms with Crippen molar-refractivity contribution in [2.75, 3.05) is 57.2 Å². The Hall–Kier alpha value is -4.60. The van der Waals surface area contributed by atoms with Crippen molar-refractivity contribution >= 4 is 28.6 Å². The normalized spacial score (nSPS) is 13.3. The van der Waals surface area contributed by atoms with E-state index in [9.17, 15) is 4.79 Å². The van der Waals surface area contributed by atoms with E-state index in [4.69, 9.17) is 24.2 Å². The van der Waals surface area contributed by atoms with Crippen molar-refractivity contribution in [2.24, 2.45) is 0 Å². The molecular weight excluding hydrogens is 508 g/mol. The molecule has 40 heavy (non-hydrogen) atoms.